The molecule has 12 heavy (non-hydrogen) atoms. The molecule has 0 radical (unpaired) electrons. The van der Waals surface area contributed by atoms with E-state index in [1.165, 1.54) is 6.92 Å². The minimum Gasteiger partial charge on any atom is -0.433 e. The largest absolute Gasteiger partial charge is 0.433 e. The van der Waals surface area contributed by atoms with Crippen LogP contribution in [-0.2, 0) is 19.0 Å². The van der Waals surface area contributed by atoms with Crippen molar-refractivity contribution in [2.45, 2.75) is 39.3 Å². The van der Waals surface area contributed by atoms with E-state index in [1.54, 1.807) is 0 Å². The molecule has 0 aromatic carbocycles. The third kappa shape index (κ3) is 2.46. The Balaban J connectivity index is 2.43. The van der Waals surface area contributed by atoms with E-state index in [0.717, 1.165) is 0 Å². The number of carbonyl (C=O) groups excluding carboxylic acids is 1. The molecule has 0 amide bonds. The standard InChI is InChI=1S/C8H14O4/c1-5-4-10-6(2)8(11-5)12-7(3)9/h5-6,8H,4H2,1-3H3. The molecule has 3 unspecified atom stereocenters. The monoisotopic (exact) mass is 174 g/mol. The van der Waals surface area contributed by atoms with Crippen LogP contribution in [0.3, 0.4) is 0 Å². The summed E-state index contributed by atoms with van der Waals surface area (Å²) in [5.74, 6) is -0.343. The minimum atomic E-state index is -0.550. The van der Waals surface area contributed by atoms with E-state index >= 15 is 0 Å². The number of rotatable bonds is 1. The van der Waals surface area contributed by atoms with Gasteiger partial charge in [-0.3, -0.25) is 4.79 Å². The van der Waals surface area contributed by atoms with Gasteiger partial charge >= 0.3 is 5.97 Å². The summed E-state index contributed by atoms with van der Waals surface area (Å²) in [7, 11) is 0. The van der Waals surface area contributed by atoms with Crippen LogP contribution in [0.15, 0.2) is 0 Å². The van der Waals surface area contributed by atoms with E-state index in [-0.39, 0.29) is 18.2 Å². The second-order valence-electron chi connectivity index (χ2n) is 2.96. The lowest BCUT2D eigenvalue weighted by molar-refractivity contribution is -0.258. The highest BCUT2D eigenvalue weighted by atomic mass is 16.7. The van der Waals surface area contributed by atoms with Crippen molar-refractivity contribution in [3.05, 3.63) is 0 Å². The van der Waals surface area contributed by atoms with Crippen molar-refractivity contribution < 1.29 is 19.0 Å². The van der Waals surface area contributed by atoms with Crippen LogP contribution in [0.5, 0.6) is 0 Å². The first-order valence-corrected chi connectivity index (χ1v) is 4.04. The van der Waals surface area contributed by atoms with Gasteiger partial charge in [-0.05, 0) is 13.8 Å². The molecule has 0 aliphatic carbocycles. The Morgan fingerprint density at radius 1 is 1.50 bits per heavy atom. The SMILES string of the molecule is CC(=O)OC1OC(C)COC1C. The Hall–Kier alpha value is -0.610. The Bertz CT molecular complexity index is 168. The Morgan fingerprint density at radius 3 is 2.75 bits per heavy atom. The fourth-order valence-corrected chi connectivity index (χ4v) is 1.03. The van der Waals surface area contributed by atoms with Crippen LogP contribution in [0, 0.1) is 0 Å². The predicted octanol–water partition coefficient (Wildman–Crippen LogP) is 0.699. The van der Waals surface area contributed by atoms with Gasteiger partial charge in [-0.2, -0.15) is 0 Å². The fourth-order valence-electron chi connectivity index (χ4n) is 1.03. The Morgan fingerprint density at radius 2 is 2.17 bits per heavy atom. The van der Waals surface area contributed by atoms with Crippen molar-refractivity contribution in [1.82, 2.24) is 0 Å². The van der Waals surface area contributed by atoms with Crippen molar-refractivity contribution in [1.29, 1.82) is 0 Å². The summed E-state index contributed by atoms with van der Waals surface area (Å²) in [4.78, 5) is 10.6. The van der Waals surface area contributed by atoms with Crippen LogP contribution in [0.25, 0.3) is 0 Å². The van der Waals surface area contributed by atoms with E-state index < -0.39 is 6.29 Å². The summed E-state index contributed by atoms with van der Waals surface area (Å²) in [6, 6.07) is 0. The number of carbonyl (C=O) groups is 1. The van der Waals surface area contributed by atoms with Crippen molar-refractivity contribution in [2.75, 3.05) is 6.61 Å². The van der Waals surface area contributed by atoms with Gasteiger partial charge in [-0.1, -0.05) is 0 Å². The lowest BCUT2D eigenvalue weighted by Gasteiger charge is -2.32. The average molecular weight is 174 g/mol. The van der Waals surface area contributed by atoms with Gasteiger partial charge in [0.1, 0.15) is 6.10 Å². The molecule has 0 saturated carbocycles. The highest BCUT2D eigenvalue weighted by Gasteiger charge is 2.28. The zero-order valence-electron chi connectivity index (χ0n) is 7.57. The molecule has 1 aliphatic rings. The fraction of sp³-hybridized carbons (Fsp3) is 0.875. The molecular weight excluding hydrogens is 160 g/mol. The zero-order chi connectivity index (χ0) is 9.14. The van der Waals surface area contributed by atoms with Crippen molar-refractivity contribution in [2.24, 2.45) is 0 Å². The highest BCUT2D eigenvalue weighted by Crippen LogP contribution is 2.15. The smallest absolute Gasteiger partial charge is 0.305 e. The van der Waals surface area contributed by atoms with Crippen molar-refractivity contribution in [3.8, 4) is 0 Å². The molecule has 3 atom stereocenters. The van der Waals surface area contributed by atoms with E-state index in [0.29, 0.717) is 6.61 Å². The molecule has 4 heteroatoms. The quantitative estimate of drug-likeness (QED) is 0.549. The first-order valence-electron chi connectivity index (χ1n) is 4.04. The molecule has 0 spiro atoms. The average Bonchev–Trinajstić information content (AvgIpc) is 1.96. The Labute approximate surface area is 71.8 Å². The number of hydrogen-bond acceptors (Lipinski definition) is 4. The van der Waals surface area contributed by atoms with Crippen LogP contribution in [-0.4, -0.2) is 31.1 Å². The maximum absolute atomic E-state index is 10.6. The molecular formula is C8H14O4. The summed E-state index contributed by atoms with van der Waals surface area (Å²) in [6.45, 7) is 5.61. The van der Waals surface area contributed by atoms with Crippen LogP contribution >= 0.6 is 0 Å². The lowest BCUT2D eigenvalue weighted by atomic mass is 10.3. The molecule has 1 heterocycles. The van der Waals surface area contributed by atoms with E-state index in [9.17, 15) is 4.79 Å². The molecule has 1 fully saturated rings. The maximum Gasteiger partial charge on any atom is 0.305 e. The van der Waals surface area contributed by atoms with E-state index in [4.69, 9.17) is 14.2 Å². The summed E-state index contributed by atoms with van der Waals surface area (Å²) in [6.07, 6.45) is -0.734. The predicted molar refractivity (Wildman–Crippen MR) is 41.5 cm³/mol. The topological polar surface area (TPSA) is 44.8 Å². The third-order valence-corrected chi connectivity index (χ3v) is 1.63. The van der Waals surface area contributed by atoms with Gasteiger partial charge in [-0.25, -0.2) is 0 Å². The maximum atomic E-state index is 10.6. The summed E-state index contributed by atoms with van der Waals surface area (Å²) < 4.78 is 15.5. The summed E-state index contributed by atoms with van der Waals surface area (Å²) in [5, 5.41) is 0. The molecule has 4 nitrogen and oxygen atoms in total. The molecule has 1 saturated heterocycles. The summed E-state index contributed by atoms with van der Waals surface area (Å²) >= 11 is 0. The van der Waals surface area contributed by atoms with Gasteiger partial charge < -0.3 is 14.2 Å². The van der Waals surface area contributed by atoms with Gasteiger partial charge in [0.15, 0.2) is 0 Å². The second-order valence-corrected chi connectivity index (χ2v) is 2.96. The number of esters is 1. The Kier molecular flexibility index (Phi) is 3.05. The molecule has 1 aliphatic heterocycles. The molecule has 0 aromatic rings. The van der Waals surface area contributed by atoms with Crippen LogP contribution < -0.4 is 0 Å². The zero-order valence-corrected chi connectivity index (χ0v) is 7.57. The molecule has 0 N–H and O–H groups in total. The molecule has 0 bridgehead atoms. The van der Waals surface area contributed by atoms with Crippen molar-refractivity contribution in [3.63, 3.8) is 0 Å². The first kappa shape index (κ1) is 9.48. The third-order valence-electron chi connectivity index (χ3n) is 1.63. The van der Waals surface area contributed by atoms with Crippen LogP contribution in [0.1, 0.15) is 20.8 Å². The van der Waals surface area contributed by atoms with Gasteiger partial charge in [0, 0.05) is 6.92 Å². The normalized spacial score (nSPS) is 36.1. The van der Waals surface area contributed by atoms with E-state index in [1.807, 2.05) is 13.8 Å². The van der Waals surface area contributed by atoms with E-state index in [2.05, 4.69) is 0 Å². The van der Waals surface area contributed by atoms with Crippen LogP contribution in [0.2, 0.25) is 0 Å². The van der Waals surface area contributed by atoms with Gasteiger partial charge in [0.25, 0.3) is 0 Å². The molecule has 70 valence electrons. The van der Waals surface area contributed by atoms with Crippen molar-refractivity contribution >= 4 is 5.97 Å². The van der Waals surface area contributed by atoms with Crippen LogP contribution in [0.4, 0.5) is 0 Å². The van der Waals surface area contributed by atoms with Gasteiger partial charge in [-0.15, -0.1) is 0 Å². The summed E-state index contributed by atoms with van der Waals surface area (Å²) in [5.41, 5.74) is 0. The van der Waals surface area contributed by atoms with Gasteiger partial charge in [0.05, 0.1) is 12.7 Å². The second kappa shape index (κ2) is 3.87. The minimum absolute atomic E-state index is 0.00875. The lowest BCUT2D eigenvalue weighted by Crippen LogP contribution is -2.43. The number of ether oxygens (including phenoxy) is 3. The number of hydrogen-bond donors (Lipinski definition) is 0. The first-order chi connectivity index (χ1) is 5.59. The highest BCUT2D eigenvalue weighted by molar-refractivity contribution is 5.66. The molecule has 0 aromatic heterocycles. The van der Waals surface area contributed by atoms with Gasteiger partial charge in [0.2, 0.25) is 6.29 Å². The molecule has 1 rings (SSSR count).